The van der Waals surface area contributed by atoms with Crippen molar-refractivity contribution in [2.45, 2.75) is 38.5 Å². The van der Waals surface area contributed by atoms with E-state index < -0.39 is 6.10 Å². The SMILES string of the molecule is COc1ccc(CN(CC(O)COc2cccc(C)c2)C2CC2)cc1. The molecule has 2 aromatic rings. The van der Waals surface area contributed by atoms with Gasteiger partial charge in [-0.3, -0.25) is 4.90 Å². The molecule has 0 heterocycles. The predicted molar refractivity (Wildman–Crippen MR) is 99.1 cm³/mol. The number of rotatable bonds is 9. The van der Waals surface area contributed by atoms with E-state index in [0.717, 1.165) is 23.6 Å². The molecule has 1 atom stereocenters. The van der Waals surface area contributed by atoms with Crippen LogP contribution in [0.5, 0.6) is 11.5 Å². The van der Waals surface area contributed by atoms with E-state index in [0.29, 0.717) is 19.2 Å². The van der Waals surface area contributed by atoms with Crippen LogP contribution in [0.15, 0.2) is 48.5 Å². The quantitative estimate of drug-likeness (QED) is 0.759. The number of aliphatic hydroxyl groups excluding tert-OH is 1. The van der Waals surface area contributed by atoms with Gasteiger partial charge in [-0.05, 0) is 55.2 Å². The molecule has 4 heteroatoms. The van der Waals surface area contributed by atoms with E-state index in [1.54, 1.807) is 7.11 Å². The third-order valence-corrected chi connectivity index (χ3v) is 4.49. The zero-order valence-corrected chi connectivity index (χ0v) is 15.0. The summed E-state index contributed by atoms with van der Waals surface area (Å²) in [5.41, 5.74) is 2.39. The van der Waals surface area contributed by atoms with Crippen molar-refractivity contribution in [3.63, 3.8) is 0 Å². The molecule has 1 N–H and O–H groups in total. The molecule has 0 bridgehead atoms. The highest BCUT2D eigenvalue weighted by molar-refractivity contribution is 5.28. The van der Waals surface area contributed by atoms with Gasteiger partial charge in [0.15, 0.2) is 0 Å². The number of aliphatic hydroxyl groups is 1. The Hall–Kier alpha value is -2.04. The second kappa shape index (κ2) is 8.37. The number of hydrogen-bond donors (Lipinski definition) is 1. The third-order valence-electron chi connectivity index (χ3n) is 4.49. The van der Waals surface area contributed by atoms with Gasteiger partial charge in [-0.15, -0.1) is 0 Å². The van der Waals surface area contributed by atoms with Crippen LogP contribution in [-0.4, -0.2) is 42.4 Å². The summed E-state index contributed by atoms with van der Waals surface area (Å²) >= 11 is 0. The Morgan fingerprint density at radius 1 is 1.12 bits per heavy atom. The first-order valence-electron chi connectivity index (χ1n) is 8.88. The number of hydrogen-bond acceptors (Lipinski definition) is 4. The summed E-state index contributed by atoms with van der Waals surface area (Å²) in [5, 5.41) is 10.4. The zero-order chi connectivity index (χ0) is 17.6. The van der Waals surface area contributed by atoms with Gasteiger partial charge in [0.25, 0.3) is 0 Å². The van der Waals surface area contributed by atoms with Crippen molar-refractivity contribution >= 4 is 0 Å². The van der Waals surface area contributed by atoms with Gasteiger partial charge in [-0.1, -0.05) is 24.3 Å². The van der Waals surface area contributed by atoms with Crippen molar-refractivity contribution in [1.29, 1.82) is 0 Å². The molecule has 0 radical (unpaired) electrons. The first-order chi connectivity index (χ1) is 12.1. The number of methoxy groups -OCH3 is 1. The lowest BCUT2D eigenvalue weighted by molar-refractivity contribution is 0.0626. The zero-order valence-electron chi connectivity index (χ0n) is 15.0. The molecule has 0 aliphatic heterocycles. The molecule has 0 spiro atoms. The fraction of sp³-hybridized carbons (Fsp3) is 0.429. The summed E-state index contributed by atoms with van der Waals surface area (Å²) in [6.07, 6.45) is 1.92. The first kappa shape index (κ1) is 17.8. The van der Waals surface area contributed by atoms with Crippen molar-refractivity contribution in [2.24, 2.45) is 0 Å². The molecular weight excluding hydrogens is 314 g/mol. The minimum Gasteiger partial charge on any atom is -0.497 e. The molecule has 25 heavy (non-hydrogen) atoms. The van der Waals surface area contributed by atoms with Gasteiger partial charge in [0.1, 0.15) is 24.2 Å². The molecule has 0 amide bonds. The van der Waals surface area contributed by atoms with Crippen molar-refractivity contribution in [3.8, 4) is 11.5 Å². The van der Waals surface area contributed by atoms with Gasteiger partial charge in [-0.2, -0.15) is 0 Å². The van der Waals surface area contributed by atoms with Crippen molar-refractivity contribution in [3.05, 3.63) is 59.7 Å². The van der Waals surface area contributed by atoms with E-state index in [4.69, 9.17) is 9.47 Å². The maximum atomic E-state index is 10.4. The molecule has 1 aliphatic rings. The van der Waals surface area contributed by atoms with Crippen LogP contribution >= 0.6 is 0 Å². The molecule has 1 unspecified atom stereocenters. The Labute approximate surface area is 150 Å². The molecule has 0 saturated heterocycles. The van der Waals surface area contributed by atoms with Gasteiger partial charge in [0, 0.05) is 19.1 Å². The number of aryl methyl sites for hydroxylation is 1. The van der Waals surface area contributed by atoms with Crippen molar-refractivity contribution in [2.75, 3.05) is 20.3 Å². The smallest absolute Gasteiger partial charge is 0.119 e. The summed E-state index contributed by atoms with van der Waals surface area (Å²) in [4.78, 5) is 2.35. The average Bonchev–Trinajstić information content (AvgIpc) is 3.45. The van der Waals surface area contributed by atoms with Crippen molar-refractivity contribution < 1.29 is 14.6 Å². The number of nitrogens with zero attached hydrogens (tertiary/aromatic N) is 1. The maximum Gasteiger partial charge on any atom is 0.119 e. The Bertz CT molecular complexity index is 667. The predicted octanol–water partition coefficient (Wildman–Crippen LogP) is 3.41. The number of ether oxygens (including phenoxy) is 2. The molecule has 1 aliphatic carbocycles. The molecule has 1 fully saturated rings. The van der Waals surface area contributed by atoms with E-state index in [-0.39, 0.29) is 0 Å². The Morgan fingerprint density at radius 2 is 1.88 bits per heavy atom. The molecule has 3 rings (SSSR count). The summed E-state index contributed by atoms with van der Waals surface area (Å²) < 4.78 is 10.9. The van der Waals surface area contributed by atoms with Crippen LogP contribution in [0.3, 0.4) is 0 Å². The summed E-state index contributed by atoms with van der Waals surface area (Å²) in [6.45, 7) is 3.82. The summed E-state index contributed by atoms with van der Waals surface area (Å²) in [5.74, 6) is 1.68. The van der Waals surface area contributed by atoms with Crippen molar-refractivity contribution in [1.82, 2.24) is 4.90 Å². The van der Waals surface area contributed by atoms with Gasteiger partial charge >= 0.3 is 0 Å². The lowest BCUT2D eigenvalue weighted by Crippen LogP contribution is -2.36. The van der Waals surface area contributed by atoms with Crippen LogP contribution in [0.2, 0.25) is 0 Å². The van der Waals surface area contributed by atoms with Crippen LogP contribution in [0.1, 0.15) is 24.0 Å². The second-order valence-corrected chi connectivity index (χ2v) is 6.79. The average molecular weight is 341 g/mol. The Balaban J connectivity index is 1.52. The third kappa shape index (κ3) is 5.48. The van der Waals surface area contributed by atoms with Crippen LogP contribution in [-0.2, 0) is 6.54 Å². The highest BCUT2D eigenvalue weighted by Gasteiger charge is 2.30. The van der Waals surface area contributed by atoms with Crippen LogP contribution in [0.25, 0.3) is 0 Å². The molecule has 134 valence electrons. The maximum absolute atomic E-state index is 10.4. The standard InChI is InChI=1S/C21H27NO3/c1-16-4-3-5-21(12-16)25-15-19(23)14-22(18-8-9-18)13-17-6-10-20(24-2)11-7-17/h3-7,10-12,18-19,23H,8-9,13-15H2,1-2H3. The van der Waals surface area contributed by atoms with Crippen LogP contribution in [0.4, 0.5) is 0 Å². The first-order valence-corrected chi connectivity index (χ1v) is 8.88. The fourth-order valence-electron chi connectivity index (χ4n) is 2.97. The lowest BCUT2D eigenvalue weighted by atomic mass is 10.2. The van der Waals surface area contributed by atoms with E-state index in [1.165, 1.54) is 18.4 Å². The fourth-order valence-corrected chi connectivity index (χ4v) is 2.97. The van der Waals surface area contributed by atoms with E-state index in [2.05, 4.69) is 17.0 Å². The monoisotopic (exact) mass is 341 g/mol. The number of benzene rings is 2. The van der Waals surface area contributed by atoms with Gasteiger partial charge in [-0.25, -0.2) is 0 Å². The highest BCUT2D eigenvalue weighted by Crippen LogP contribution is 2.29. The summed E-state index contributed by atoms with van der Waals surface area (Å²) in [7, 11) is 1.68. The molecule has 1 saturated carbocycles. The normalized spacial score (nSPS) is 15.2. The molecule has 4 nitrogen and oxygen atoms in total. The lowest BCUT2D eigenvalue weighted by Gasteiger charge is -2.25. The highest BCUT2D eigenvalue weighted by atomic mass is 16.5. The molecule has 2 aromatic carbocycles. The van der Waals surface area contributed by atoms with Crippen LogP contribution < -0.4 is 9.47 Å². The molecular formula is C21H27NO3. The van der Waals surface area contributed by atoms with Gasteiger partial charge in [0.05, 0.1) is 7.11 Å². The largest absolute Gasteiger partial charge is 0.497 e. The van der Waals surface area contributed by atoms with E-state index >= 15 is 0 Å². The Kier molecular flexibility index (Phi) is 5.95. The second-order valence-electron chi connectivity index (χ2n) is 6.79. The van der Waals surface area contributed by atoms with Gasteiger partial charge in [0.2, 0.25) is 0 Å². The Morgan fingerprint density at radius 3 is 2.52 bits per heavy atom. The van der Waals surface area contributed by atoms with Crippen LogP contribution in [0, 0.1) is 6.92 Å². The molecule has 0 aromatic heterocycles. The van der Waals surface area contributed by atoms with E-state index in [1.807, 2.05) is 43.3 Å². The van der Waals surface area contributed by atoms with E-state index in [9.17, 15) is 5.11 Å². The topological polar surface area (TPSA) is 41.9 Å². The summed E-state index contributed by atoms with van der Waals surface area (Å²) in [6, 6.07) is 16.6. The minimum absolute atomic E-state index is 0.315. The van der Waals surface area contributed by atoms with Gasteiger partial charge < -0.3 is 14.6 Å². The minimum atomic E-state index is -0.501.